The third-order valence-electron chi connectivity index (χ3n) is 4.61. The van der Waals surface area contributed by atoms with Gasteiger partial charge in [0.25, 0.3) is 0 Å². The zero-order valence-electron chi connectivity index (χ0n) is 14.6. The van der Waals surface area contributed by atoms with E-state index in [-0.39, 0.29) is 0 Å². The summed E-state index contributed by atoms with van der Waals surface area (Å²) in [5.41, 5.74) is 1.36. The van der Waals surface area contributed by atoms with Crippen molar-refractivity contribution < 1.29 is 9.90 Å². The van der Waals surface area contributed by atoms with Crippen molar-refractivity contribution in [2.24, 2.45) is 0 Å². The first-order valence-corrected chi connectivity index (χ1v) is 9.63. The molecule has 1 aromatic rings. The molecule has 0 atom stereocenters. The molecule has 0 saturated heterocycles. The van der Waals surface area contributed by atoms with Crippen LogP contribution in [0.2, 0.25) is 0 Å². The predicted molar refractivity (Wildman–Crippen MR) is 99.4 cm³/mol. The lowest BCUT2D eigenvalue weighted by Crippen LogP contribution is -2.35. The third kappa shape index (κ3) is 3.57. The van der Waals surface area contributed by atoms with Gasteiger partial charge in [-0.05, 0) is 51.9 Å². The Kier molecular flexibility index (Phi) is 6.17. The van der Waals surface area contributed by atoms with E-state index in [1.807, 2.05) is 32.3 Å². The van der Waals surface area contributed by atoms with Crippen molar-refractivity contribution in [2.75, 3.05) is 6.26 Å². The van der Waals surface area contributed by atoms with E-state index < -0.39 is 5.97 Å². The Bertz CT molecular complexity index is 724. The molecule has 2 rings (SSSR count). The summed E-state index contributed by atoms with van der Waals surface area (Å²) >= 11 is 1.65. The van der Waals surface area contributed by atoms with Gasteiger partial charge in [-0.2, -0.15) is 0 Å². The fourth-order valence-corrected chi connectivity index (χ4v) is 3.65. The molecule has 1 aliphatic carbocycles. The van der Waals surface area contributed by atoms with E-state index in [1.165, 1.54) is 6.42 Å². The highest BCUT2D eigenvalue weighted by molar-refractivity contribution is 8.02. The van der Waals surface area contributed by atoms with Crippen molar-refractivity contribution in [3.8, 4) is 0 Å². The zero-order chi connectivity index (χ0) is 17.0. The van der Waals surface area contributed by atoms with E-state index in [0.29, 0.717) is 11.6 Å². The van der Waals surface area contributed by atoms with Crippen molar-refractivity contribution in [3.63, 3.8) is 0 Å². The Labute approximate surface area is 142 Å². The number of unbranched alkanes of at least 4 members (excludes halogenated alkanes) is 1. The molecule has 4 heteroatoms. The minimum atomic E-state index is -0.825. The van der Waals surface area contributed by atoms with Gasteiger partial charge in [-0.25, -0.2) is 4.79 Å². The second-order valence-corrected chi connectivity index (χ2v) is 6.93. The van der Waals surface area contributed by atoms with Crippen LogP contribution in [0.4, 0.5) is 0 Å². The van der Waals surface area contributed by atoms with Gasteiger partial charge in [0.1, 0.15) is 0 Å². The van der Waals surface area contributed by atoms with Crippen LogP contribution in [0.5, 0.6) is 0 Å². The Hall–Kier alpha value is -1.42. The van der Waals surface area contributed by atoms with Crippen LogP contribution in [-0.4, -0.2) is 21.9 Å². The summed E-state index contributed by atoms with van der Waals surface area (Å²) in [4.78, 5) is 13.0. The second kappa shape index (κ2) is 7.91. The highest BCUT2D eigenvalue weighted by atomic mass is 32.2. The van der Waals surface area contributed by atoms with Crippen LogP contribution in [0.3, 0.4) is 0 Å². The molecular weight excluding hydrogens is 306 g/mol. The van der Waals surface area contributed by atoms with Crippen molar-refractivity contribution in [1.82, 2.24) is 4.57 Å². The van der Waals surface area contributed by atoms with E-state index in [1.54, 1.807) is 11.8 Å². The highest BCUT2D eigenvalue weighted by Crippen LogP contribution is 2.31. The summed E-state index contributed by atoms with van der Waals surface area (Å²) in [6, 6.07) is 0.460. The maximum absolute atomic E-state index is 11.9. The van der Waals surface area contributed by atoms with E-state index in [0.717, 1.165) is 46.9 Å². The van der Waals surface area contributed by atoms with Crippen LogP contribution in [0.1, 0.15) is 68.0 Å². The van der Waals surface area contributed by atoms with E-state index in [9.17, 15) is 9.90 Å². The first kappa shape index (κ1) is 17.9. The first-order valence-electron chi connectivity index (χ1n) is 8.41. The largest absolute Gasteiger partial charge is 0.478 e. The molecule has 0 bridgehead atoms. The number of nitrogens with zero attached hydrogens (tertiary/aromatic N) is 1. The van der Waals surface area contributed by atoms with E-state index in [4.69, 9.17) is 0 Å². The zero-order valence-corrected chi connectivity index (χ0v) is 15.4. The fraction of sp³-hybridized carbons (Fsp3) is 0.526. The average Bonchev–Trinajstić information content (AvgIpc) is 2.73. The minimum Gasteiger partial charge on any atom is -0.478 e. The Morgan fingerprint density at radius 1 is 1.43 bits per heavy atom. The summed E-state index contributed by atoms with van der Waals surface area (Å²) < 4.78 is 2.28. The lowest BCUT2D eigenvalue weighted by Gasteiger charge is -2.29. The number of aromatic carboxylic acids is 1. The molecule has 0 spiro atoms. The Morgan fingerprint density at radius 3 is 2.57 bits per heavy atom. The molecule has 0 radical (unpaired) electrons. The third-order valence-corrected chi connectivity index (χ3v) is 5.44. The predicted octanol–water partition coefficient (Wildman–Crippen LogP) is 3.85. The molecule has 23 heavy (non-hydrogen) atoms. The van der Waals surface area contributed by atoms with Crippen LogP contribution >= 0.6 is 11.8 Å². The Balaban J connectivity index is 2.83. The summed E-state index contributed by atoms with van der Waals surface area (Å²) in [5.74, 6) is -0.825. The number of carboxylic acid groups (broad SMARTS) is 1. The number of thioether (sulfide) groups is 1. The molecule has 0 amide bonds. The lowest BCUT2D eigenvalue weighted by atomic mass is 9.92. The van der Waals surface area contributed by atoms with Crippen molar-refractivity contribution in [1.29, 1.82) is 0 Å². The molecule has 126 valence electrons. The number of rotatable bonds is 6. The summed E-state index contributed by atoms with van der Waals surface area (Å²) in [5, 5.41) is 11.7. The van der Waals surface area contributed by atoms with Gasteiger partial charge < -0.3 is 9.67 Å². The summed E-state index contributed by atoms with van der Waals surface area (Å²) in [6.07, 6.45) is 13.9. The van der Waals surface area contributed by atoms with Gasteiger partial charge >= 0.3 is 5.97 Å². The molecule has 1 fully saturated rings. The number of aromatic nitrogens is 1. The number of hydrogen-bond acceptors (Lipinski definition) is 2. The van der Waals surface area contributed by atoms with Crippen molar-refractivity contribution >= 4 is 29.9 Å². The van der Waals surface area contributed by atoms with Crippen LogP contribution in [0.15, 0.2) is 11.0 Å². The molecule has 1 saturated carbocycles. The molecule has 1 heterocycles. The van der Waals surface area contributed by atoms with E-state index in [2.05, 4.69) is 17.6 Å². The maximum Gasteiger partial charge on any atom is 0.338 e. The SMILES string of the molecule is CC=C(C=c1c(C(=O)O)c(C)n(C2CCC2)c1=CCCC)SC. The quantitative estimate of drug-likeness (QED) is 0.860. The molecule has 1 N–H and O–H groups in total. The monoisotopic (exact) mass is 333 g/mol. The fourth-order valence-electron chi connectivity index (χ4n) is 3.18. The van der Waals surface area contributed by atoms with Crippen molar-refractivity contribution in [2.45, 2.75) is 58.9 Å². The molecule has 0 aromatic carbocycles. The topological polar surface area (TPSA) is 42.2 Å². The molecule has 1 aliphatic rings. The summed E-state index contributed by atoms with van der Waals surface area (Å²) in [6.45, 7) is 6.10. The van der Waals surface area contributed by atoms with Crippen molar-refractivity contribution in [3.05, 3.63) is 32.8 Å². The smallest absolute Gasteiger partial charge is 0.338 e. The minimum absolute atomic E-state index is 0.460. The maximum atomic E-state index is 11.9. The van der Waals surface area contributed by atoms with Gasteiger partial charge in [0.05, 0.1) is 5.56 Å². The van der Waals surface area contributed by atoms with Crippen LogP contribution in [-0.2, 0) is 0 Å². The van der Waals surface area contributed by atoms with Gasteiger partial charge in [-0.1, -0.05) is 25.5 Å². The number of hydrogen-bond donors (Lipinski definition) is 1. The average molecular weight is 333 g/mol. The normalized spacial score (nSPS) is 17.7. The van der Waals surface area contributed by atoms with Crippen LogP contribution < -0.4 is 10.6 Å². The van der Waals surface area contributed by atoms with Crippen LogP contribution in [0, 0.1) is 6.92 Å². The second-order valence-electron chi connectivity index (χ2n) is 6.05. The molecule has 1 aromatic heterocycles. The highest BCUT2D eigenvalue weighted by Gasteiger charge is 2.26. The standard InChI is InChI=1S/C19H27NO2S/c1-5-7-11-17-16(12-15(6-2)23-4)18(19(21)22)13(3)20(17)14-9-8-10-14/h6,11-12,14H,5,7-10H2,1-4H3,(H,21,22). The molecular formula is C19H27NO2S. The van der Waals surface area contributed by atoms with Crippen LogP contribution in [0.25, 0.3) is 12.2 Å². The lowest BCUT2D eigenvalue weighted by molar-refractivity contribution is 0.0694. The van der Waals surface area contributed by atoms with Gasteiger partial charge in [-0.15, -0.1) is 11.8 Å². The van der Waals surface area contributed by atoms with Gasteiger partial charge in [0.2, 0.25) is 0 Å². The molecule has 0 aliphatic heterocycles. The molecule has 3 nitrogen and oxygen atoms in total. The number of carboxylic acids is 1. The number of allylic oxidation sites excluding steroid dienone is 2. The summed E-state index contributed by atoms with van der Waals surface area (Å²) in [7, 11) is 0. The van der Waals surface area contributed by atoms with Gasteiger partial charge in [0.15, 0.2) is 0 Å². The van der Waals surface area contributed by atoms with E-state index >= 15 is 0 Å². The Morgan fingerprint density at radius 2 is 2.13 bits per heavy atom. The van der Waals surface area contributed by atoms with Gasteiger partial charge in [-0.3, -0.25) is 0 Å². The van der Waals surface area contributed by atoms with Gasteiger partial charge in [0, 0.05) is 27.2 Å². The molecule has 0 unspecified atom stereocenters. The first-order chi connectivity index (χ1) is 11.0. The number of carbonyl (C=O) groups is 1.